The fourth-order valence-electron chi connectivity index (χ4n) is 5.12. The van der Waals surface area contributed by atoms with Crippen LogP contribution >= 0.6 is 20.8 Å². The van der Waals surface area contributed by atoms with Crippen molar-refractivity contribution in [2.24, 2.45) is 0 Å². The van der Waals surface area contributed by atoms with Crippen molar-refractivity contribution in [2.45, 2.75) is 13.3 Å². The van der Waals surface area contributed by atoms with E-state index in [9.17, 15) is 4.79 Å². The Hall–Kier alpha value is -3.39. The van der Waals surface area contributed by atoms with Gasteiger partial charge in [-0.15, -0.1) is 0 Å². The predicted octanol–water partition coefficient (Wildman–Crippen LogP) is 6.95. The molecule has 0 fully saturated rings. The number of hydrogen-bond donors (Lipinski definition) is 0. The van der Waals surface area contributed by atoms with Gasteiger partial charge in [-0.2, -0.15) is 0 Å². The molecule has 5 rings (SSSR count). The second-order valence-electron chi connectivity index (χ2n) is 9.02. The molecule has 0 unspecified atom stereocenters. The van der Waals surface area contributed by atoms with Gasteiger partial charge in [0.25, 0.3) is 0 Å². The van der Waals surface area contributed by atoms with Crippen molar-refractivity contribution in [1.29, 1.82) is 0 Å². The summed E-state index contributed by atoms with van der Waals surface area (Å²) in [6, 6.07) is 41.9. The van der Waals surface area contributed by atoms with Crippen LogP contribution in [0.3, 0.4) is 0 Å². The van der Waals surface area contributed by atoms with Crippen LogP contribution in [0.15, 0.2) is 127 Å². The van der Waals surface area contributed by atoms with Crippen molar-refractivity contribution in [3.8, 4) is 0 Å². The van der Waals surface area contributed by atoms with E-state index in [2.05, 4.69) is 15.5 Å². The Kier molecular flexibility index (Phi) is 6.47. The van der Waals surface area contributed by atoms with E-state index in [4.69, 9.17) is 0 Å². The van der Waals surface area contributed by atoms with Crippen LogP contribution < -0.4 is 15.9 Å². The van der Waals surface area contributed by atoms with Crippen LogP contribution in [0, 0.1) is 0 Å². The third-order valence-electron chi connectivity index (χ3n) is 6.77. The Labute approximate surface area is 219 Å². The molecule has 0 spiro atoms. The summed E-state index contributed by atoms with van der Waals surface area (Å²) < 4.78 is 0. The number of benzene rings is 5. The number of halogens is 1. The van der Waals surface area contributed by atoms with Gasteiger partial charge in [-0.05, 0) is 0 Å². The SMILES string of the molecule is CC(=O)Cc1ccc2ccccc2c1C(=O)P(Br)(c1ccccc1)(c1ccccc1)c1ccccc1. The maximum atomic E-state index is 15.5. The van der Waals surface area contributed by atoms with Crippen LogP contribution in [0.25, 0.3) is 10.8 Å². The molecule has 0 heterocycles. The fourth-order valence-corrected chi connectivity index (χ4v) is 12.3. The van der Waals surface area contributed by atoms with Crippen molar-refractivity contribution in [3.05, 3.63) is 139 Å². The van der Waals surface area contributed by atoms with Gasteiger partial charge in [0.05, 0.1) is 0 Å². The molecule has 0 aliphatic carbocycles. The van der Waals surface area contributed by atoms with Crippen molar-refractivity contribution in [1.82, 2.24) is 0 Å². The summed E-state index contributed by atoms with van der Waals surface area (Å²) in [5.74, 6) is 0.0216. The molecule has 5 aromatic carbocycles. The van der Waals surface area contributed by atoms with E-state index in [0.29, 0.717) is 5.56 Å². The summed E-state index contributed by atoms with van der Waals surface area (Å²) in [5.41, 5.74) is 1.36. The van der Waals surface area contributed by atoms with E-state index in [0.717, 1.165) is 32.2 Å². The van der Waals surface area contributed by atoms with Crippen LogP contribution in [-0.2, 0) is 11.2 Å². The number of fused-ring (bicyclic) bond motifs is 1. The first-order valence-electron chi connectivity index (χ1n) is 11.9. The van der Waals surface area contributed by atoms with Crippen LogP contribution in [0.4, 0.5) is 0 Å². The third kappa shape index (κ3) is 3.75. The average molecular weight is 553 g/mol. The Morgan fingerprint density at radius 3 is 1.53 bits per heavy atom. The molecule has 0 aliphatic rings. The molecule has 0 aliphatic heterocycles. The molecule has 0 bridgehead atoms. The van der Waals surface area contributed by atoms with Crippen LogP contribution in [-0.4, -0.2) is 11.3 Å². The zero-order chi connectivity index (χ0) is 25.2. The summed E-state index contributed by atoms with van der Waals surface area (Å²) in [6.45, 7) is 1.57. The first-order valence-corrected chi connectivity index (χ1v) is 16.2. The molecule has 0 radical (unpaired) electrons. The summed E-state index contributed by atoms with van der Waals surface area (Å²) in [5, 5.41) is 0.666. The molecule has 0 aromatic heterocycles. The van der Waals surface area contributed by atoms with E-state index in [-0.39, 0.29) is 17.7 Å². The van der Waals surface area contributed by atoms with Crippen molar-refractivity contribution in [3.63, 3.8) is 0 Å². The molecule has 36 heavy (non-hydrogen) atoms. The van der Waals surface area contributed by atoms with Gasteiger partial charge in [-0.3, -0.25) is 0 Å². The third-order valence-corrected chi connectivity index (χ3v) is 16.2. The monoisotopic (exact) mass is 552 g/mol. The normalized spacial score (nSPS) is 12.6. The molecular formula is C32H26BrO2P. The first kappa shape index (κ1) is 24.3. The summed E-state index contributed by atoms with van der Waals surface area (Å²) in [6.07, 6.45) is 0.198. The van der Waals surface area contributed by atoms with Gasteiger partial charge in [0.2, 0.25) is 0 Å². The molecule has 0 saturated heterocycles. The van der Waals surface area contributed by atoms with Crippen molar-refractivity contribution >= 4 is 58.8 Å². The molecule has 5 aromatic rings. The second kappa shape index (κ2) is 9.58. The van der Waals surface area contributed by atoms with Gasteiger partial charge in [-0.1, -0.05) is 0 Å². The van der Waals surface area contributed by atoms with E-state index in [1.807, 2.05) is 127 Å². The second-order valence-corrected chi connectivity index (χ2v) is 17.2. The maximum absolute atomic E-state index is 15.5. The molecule has 4 heteroatoms. The summed E-state index contributed by atoms with van der Waals surface area (Å²) >= 11 is 4.30. The number of Topliss-reactive ketones (excluding diaryl/α,β-unsaturated/α-hetero) is 1. The van der Waals surface area contributed by atoms with Crippen LogP contribution in [0.2, 0.25) is 0 Å². The van der Waals surface area contributed by atoms with Gasteiger partial charge < -0.3 is 0 Å². The molecular weight excluding hydrogens is 527 g/mol. The van der Waals surface area contributed by atoms with Gasteiger partial charge in [-0.25, -0.2) is 0 Å². The van der Waals surface area contributed by atoms with Crippen LogP contribution in [0.1, 0.15) is 22.8 Å². The molecule has 0 saturated carbocycles. The van der Waals surface area contributed by atoms with Crippen LogP contribution in [0.5, 0.6) is 0 Å². The minimum atomic E-state index is -3.94. The Bertz CT molecular complexity index is 1460. The molecule has 0 N–H and O–H groups in total. The summed E-state index contributed by atoms with van der Waals surface area (Å²) in [7, 11) is 0. The predicted molar refractivity (Wildman–Crippen MR) is 157 cm³/mol. The molecule has 178 valence electrons. The fraction of sp³-hybridized carbons (Fsp3) is 0.0625. The minimum absolute atomic E-state index is 0.00218. The number of rotatable bonds is 7. The van der Waals surface area contributed by atoms with E-state index >= 15 is 4.79 Å². The van der Waals surface area contributed by atoms with Gasteiger partial charge in [0.1, 0.15) is 0 Å². The van der Waals surface area contributed by atoms with Crippen molar-refractivity contribution < 1.29 is 9.59 Å². The topological polar surface area (TPSA) is 34.1 Å². The first-order chi connectivity index (χ1) is 17.4. The van der Waals surface area contributed by atoms with Gasteiger partial charge in [0.15, 0.2) is 0 Å². The Morgan fingerprint density at radius 1 is 0.611 bits per heavy atom. The van der Waals surface area contributed by atoms with Gasteiger partial charge >= 0.3 is 220 Å². The quantitative estimate of drug-likeness (QED) is 0.205. The summed E-state index contributed by atoms with van der Waals surface area (Å²) in [4.78, 5) is 27.9. The number of carbonyl (C=O) groups excluding carboxylic acids is 2. The zero-order valence-electron chi connectivity index (χ0n) is 20.0. The van der Waals surface area contributed by atoms with Gasteiger partial charge in [0, 0.05) is 0 Å². The Balaban J connectivity index is 1.98. The van der Waals surface area contributed by atoms with E-state index in [1.165, 1.54) is 0 Å². The average Bonchev–Trinajstić information content (AvgIpc) is 2.93. The Morgan fingerprint density at radius 2 is 1.06 bits per heavy atom. The van der Waals surface area contributed by atoms with E-state index < -0.39 is 5.31 Å². The van der Waals surface area contributed by atoms with Crippen molar-refractivity contribution in [2.75, 3.05) is 0 Å². The molecule has 2 nitrogen and oxygen atoms in total. The molecule has 0 amide bonds. The number of carbonyl (C=O) groups is 2. The number of hydrogen-bond acceptors (Lipinski definition) is 2. The standard InChI is InChI=1S/C32H26BrO2P/c1-24(34)23-26-22-21-25-13-11-12-20-30(25)31(26)32(35)36(33,27-14-5-2-6-15-27,28-16-7-3-8-17-28)29-18-9-4-10-19-29/h2-22H,23H2,1H3. The number of ketones is 1. The zero-order valence-corrected chi connectivity index (χ0v) is 22.5. The molecule has 0 atom stereocenters. The van der Waals surface area contributed by atoms with E-state index in [1.54, 1.807) is 6.92 Å².